The highest BCUT2D eigenvalue weighted by Gasteiger charge is 2.45. The largest absolute Gasteiger partial charge is 0.502 e. The van der Waals surface area contributed by atoms with Crippen LogP contribution in [0.4, 0.5) is 0 Å². The molecule has 0 aromatic carbocycles. The highest BCUT2D eigenvalue weighted by Crippen LogP contribution is 2.28. The summed E-state index contributed by atoms with van der Waals surface area (Å²) < 4.78 is 23.5. The zero-order valence-corrected chi connectivity index (χ0v) is 15.3. The van der Waals surface area contributed by atoms with Crippen LogP contribution in [0, 0.1) is 0 Å². The van der Waals surface area contributed by atoms with Gasteiger partial charge in [0.15, 0.2) is 5.79 Å². The van der Waals surface area contributed by atoms with Crippen molar-refractivity contribution in [1.29, 1.82) is 0 Å². The molecule has 122 valence electrons. The van der Waals surface area contributed by atoms with Gasteiger partial charge in [-0.05, 0) is 13.3 Å². The molecule has 0 fully saturated rings. The molecule has 0 aliphatic heterocycles. The quantitative estimate of drug-likeness (QED) is 0.288. The molecular formula is C15H34O4Si. The van der Waals surface area contributed by atoms with Crippen molar-refractivity contribution in [3.8, 4) is 0 Å². The lowest BCUT2D eigenvalue weighted by Gasteiger charge is -2.38. The molecule has 0 aromatic rings. The first kappa shape index (κ1) is 20.1. The Balaban J connectivity index is 4.67. The van der Waals surface area contributed by atoms with Gasteiger partial charge in [0.1, 0.15) is 0 Å². The normalized spacial score (nSPS) is 15.3. The van der Waals surface area contributed by atoms with E-state index in [1.807, 2.05) is 6.92 Å². The van der Waals surface area contributed by atoms with Crippen molar-refractivity contribution < 1.29 is 18.0 Å². The molecule has 0 heterocycles. The number of hydrogen-bond donors (Lipinski definition) is 0. The van der Waals surface area contributed by atoms with Crippen LogP contribution in [0.5, 0.6) is 0 Å². The van der Waals surface area contributed by atoms with Crippen molar-refractivity contribution in [1.82, 2.24) is 0 Å². The van der Waals surface area contributed by atoms with E-state index in [2.05, 4.69) is 20.8 Å². The van der Waals surface area contributed by atoms with Gasteiger partial charge in [0.25, 0.3) is 0 Å². The van der Waals surface area contributed by atoms with Crippen LogP contribution in [0.15, 0.2) is 0 Å². The lowest BCUT2D eigenvalue weighted by atomic mass is 10.2. The smallest absolute Gasteiger partial charge is 0.377 e. The van der Waals surface area contributed by atoms with E-state index >= 15 is 0 Å². The molecule has 0 saturated heterocycles. The molecule has 4 nitrogen and oxygen atoms in total. The van der Waals surface area contributed by atoms with Crippen LogP contribution in [-0.4, -0.2) is 35.4 Å². The molecule has 1 atom stereocenters. The summed E-state index contributed by atoms with van der Waals surface area (Å²) >= 11 is 0. The number of ether oxygens (including phenoxy) is 1. The molecule has 0 radical (unpaired) electrons. The summed E-state index contributed by atoms with van der Waals surface area (Å²) in [6, 6.07) is 0.817. The minimum Gasteiger partial charge on any atom is -0.377 e. The standard InChI is InChI=1S/C15H34O4Si/c1-7-10-11-13-18-15(4,12-8-2)19-20(16-5,17-6)14-9-3/h7-14H2,1-6H3. The minimum atomic E-state index is -2.61. The van der Waals surface area contributed by atoms with E-state index in [-0.39, 0.29) is 0 Å². The van der Waals surface area contributed by atoms with Gasteiger partial charge >= 0.3 is 8.80 Å². The summed E-state index contributed by atoms with van der Waals surface area (Å²) in [7, 11) is 0.741. The van der Waals surface area contributed by atoms with Gasteiger partial charge in [-0.2, -0.15) is 0 Å². The average Bonchev–Trinajstić information content (AvgIpc) is 2.43. The summed E-state index contributed by atoms with van der Waals surface area (Å²) in [5.41, 5.74) is 0. The Kier molecular flexibility index (Phi) is 10.8. The van der Waals surface area contributed by atoms with Crippen LogP contribution in [0.1, 0.15) is 66.2 Å². The zero-order chi connectivity index (χ0) is 15.5. The molecule has 0 rings (SSSR count). The van der Waals surface area contributed by atoms with Gasteiger partial charge in [0, 0.05) is 33.3 Å². The summed E-state index contributed by atoms with van der Waals surface area (Å²) in [6.45, 7) is 9.19. The van der Waals surface area contributed by atoms with Crippen LogP contribution in [0.3, 0.4) is 0 Å². The molecule has 0 saturated carbocycles. The van der Waals surface area contributed by atoms with Crippen molar-refractivity contribution in [3.05, 3.63) is 0 Å². The highest BCUT2D eigenvalue weighted by atomic mass is 28.4. The number of hydrogen-bond acceptors (Lipinski definition) is 4. The van der Waals surface area contributed by atoms with E-state index in [1.165, 1.54) is 12.8 Å². The third kappa shape index (κ3) is 7.18. The van der Waals surface area contributed by atoms with Gasteiger partial charge in [-0.3, -0.25) is 0 Å². The third-order valence-corrected chi connectivity index (χ3v) is 6.51. The predicted octanol–water partition coefficient (Wildman–Crippen LogP) is 4.37. The summed E-state index contributed by atoms with van der Waals surface area (Å²) in [5, 5.41) is 0. The van der Waals surface area contributed by atoms with E-state index in [0.717, 1.165) is 38.3 Å². The van der Waals surface area contributed by atoms with Crippen molar-refractivity contribution >= 4 is 8.80 Å². The second kappa shape index (κ2) is 10.7. The van der Waals surface area contributed by atoms with E-state index in [9.17, 15) is 0 Å². The van der Waals surface area contributed by atoms with Gasteiger partial charge in [0.05, 0.1) is 0 Å². The fourth-order valence-electron chi connectivity index (χ4n) is 2.30. The monoisotopic (exact) mass is 306 g/mol. The molecule has 5 heteroatoms. The van der Waals surface area contributed by atoms with Gasteiger partial charge < -0.3 is 18.0 Å². The first-order chi connectivity index (χ1) is 9.51. The molecular weight excluding hydrogens is 272 g/mol. The molecule has 0 N–H and O–H groups in total. The van der Waals surface area contributed by atoms with E-state index < -0.39 is 14.6 Å². The second-order valence-corrected chi connectivity index (χ2v) is 8.27. The molecule has 0 aliphatic carbocycles. The Bertz CT molecular complexity index is 234. The fourth-order valence-corrected chi connectivity index (χ4v) is 4.58. The summed E-state index contributed by atoms with van der Waals surface area (Å²) in [4.78, 5) is 0. The van der Waals surface area contributed by atoms with Gasteiger partial charge in [0.2, 0.25) is 0 Å². The van der Waals surface area contributed by atoms with Crippen molar-refractivity contribution in [2.24, 2.45) is 0 Å². The van der Waals surface area contributed by atoms with Crippen LogP contribution in [0.25, 0.3) is 0 Å². The topological polar surface area (TPSA) is 36.9 Å². The first-order valence-corrected chi connectivity index (χ1v) is 9.89. The lowest BCUT2D eigenvalue weighted by molar-refractivity contribution is -0.201. The van der Waals surface area contributed by atoms with E-state index in [1.54, 1.807) is 14.2 Å². The van der Waals surface area contributed by atoms with Gasteiger partial charge in [-0.25, -0.2) is 0 Å². The first-order valence-electron chi connectivity index (χ1n) is 7.95. The Morgan fingerprint density at radius 2 is 1.55 bits per heavy atom. The number of unbranched alkanes of at least 4 members (excludes halogenated alkanes) is 2. The molecule has 0 aliphatic rings. The van der Waals surface area contributed by atoms with Gasteiger partial charge in [-0.15, -0.1) is 0 Å². The van der Waals surface area contributed by atoms with Crippen LogP contribution < -0.4 is 0 Å². The minimum absolute atomic E-state index is 0.601. The molecule has 0 spiro atoms. The lowest BCUT2D eigenvalue weighted by Crippen LogP contribution is -2.52. The Hall–Kier alpha value is 0.0569. The predicted molar refractivity (Wildman–Crippen MR) is 84.7 cm³/mol. The number of rotatable bonds is 13. The molecule has 0 amide bonds. The summed E-state index contributed by atoms with van der Waals surface area (Å²) in [5.74, 6) is -0.601. The summed E-state index contributed by atoms with van der Waals surface area (Å²) in [6.07, 6.45) is 6.29. The third-order valence-electron chi connectivity index (χ3n) is 3.41. The van der Waals surface area contributed by atoms with Crippen molar-refractivity contribution in [3.63, 3.8) is 0 Å². The molecule has 0 bridgehead atoms. The Morgan fingerprint density at radius 1 is 0.900 bits per heavy atom. The SMILES string of the molecule is CCCCCOC(C)(CCC)O[Si](CCC)(OC)OC. The van der Waals surface area contributed by atoms with Crippen LogP contribution in [-0.2, 0) is 18.0 Å². The molecule has 1 unspecified atom stereocenters. The maximum Gasteiger partial charge on any atom is 0.502 e. The van der Waals surface area contributed by atoms with Crippen molar-refractivity contribution in [2.45, 2.75) is 78.1 Å². The fraction of sp³-hybridized carbons (Fsp3) is 1.00. The maximum absolute atomic E-state index is 6.26. The molecule has 20 heavy (non-hydrogen) atoms. The Morgan fingerprint density at radius 3 is 2.00 bits per heavy atom. The Labute approximate surface area is 126 Å². The average molecular weight is 307 g/mol. The highest BCUT2D eigenvalue weighted by molar-refractivity contribution is 6.60. The van der Waals surface area contributed by atoms with Crippen molar-refractivity contribution in [2.75, 3.05) is 20.8 Å². The zero-order valence-electron chi connectivity index (χ0n) is 14.3. The second-order valence-electron chi connectivity index (χ2n) is 5.38. The van der Waals surface area contributed by atoms with Crippen LogP contribution in [0.2, 0.25) is 6.04 Å². The molecule has 0 aromatic heterocycles. The van der Waals surface area contributed by atoms with E-state index in [4.69, 9.17) is 18.0 Å². The van der Waals surface area contributed by atoms with Gasteiger partial charge in [-0.1, -0.05) is 46.5 Å². The van der Waals surface area contributed by atoms with E-state index in [0.29, 0.717) is 0 Å². The maximum atomic E-state index is 6.26. The van der Waals surface area contributed by atoms with Crippen LogP contribution >= 0.6 is 0 Å².